The smallest absolute Gasteiger partial charge is 0.323 e. The van der Waals surface area contributed by atoms with Crippen LogP contribution in [0.2, 0.25) is 25.2 Å². The van der Waals surface area contributed by atoms with Crippen molar-refractivity contribution in [3.05, 3.63) is 0 Å². The molecule has 0 amide bonds. The van der Waals surface area contributed by atoms with Crippen molar-refractivity contribution in [3.63, 3.8) is 0 Å². The van der Waals surface area contributed by atoms with E-state index in [-0.39, 0.29) is 17.9 Å². The maximum Gasteiger partial charge on any atom is 0.323 e. The van der Waals surface area contributed by atoms with Crippen molar-refractivity contribution in [2.75, 3.05) is 13.2 Å². The molecule has 0 aromatic rings. The lowest BCUT2D eigenvalue weighted by atomic mass is 9.73. The number of carbonyl (C=O) groups is 2. The van der Waals surface area contributed by atoms with E-state index < -0.39 is 13.5 Å². The van der Waals surface area contributed by atoms with E-state index in [4.69, 9.17) is 9.47 Å². The number of hydrogen-bond acceptors (Lipinski definition) is 4. The molecule has 1 aliphatic rings. The molecule has 0 aliphatic carbocycles. The average Bonchev–Trinajstić information content (AvgIpc) is 2.38. The molecule has 1 unspecified atom stereocenters. The van der Waals surface area contributed by atoms with E-state index in [1.807, 2.05) is 6.92 Å². The first kappa shape index (κ1) is 17.2. The second-order valence-electron chi connectivity index (χ2n) is 6.40. The van der Waals surface area contributed by atoms with Gasteiger partial charge in [0.05, 0.1) is 13.2 Å². The Morgan fingerprint density at radius 2 is 1.60 bits per heavy atom. The average molecular weight is 300 g/mol. The van der Waals surface area contributed by atoms with Crippen LogP contribution in [0, 0.1) is 11.3 Å². The summed E-state index contributed by atoms with van der Waals surface area (Å²) in [5, 5.41) is 0. The highest BCUT2D eigenvalue weighted by atomic mass is 28.3. The molecule has 116 valence electrons. The second kappa shape index (κ2) is 6.74. The van der Waals surface area contributed by atoms with Crippen molar-refractivity contribution in [1.29, 1.82) is 0 Å². The molecule has 0 saturated carbocycles. The van der Waals surface area contributed by atoms with Gasteiger partial charge in [0.1, 0.15) is 0 Å². The molecule has 1 fully saturated rings. The molecule has 4 nitrogen and oxygen atoms in total. The number of hydrogen-bond donors (Lipinski definition) is 0. The highest BCUT2D eigenvalue weighted by Crippen LogP contribution is 2.49. The molecule has 0 aromatic heterocycles. The van der Waals surface area contributed by atoms with Crippen LogP contribution >= 0.6 is 0 Å². The summed E-state index contributed by atoms with van der Waals surface area (Å²) < 4.78 is 10.5. The zero-order chi connectivity index (χ0) is 15.4. The Morgan fingerprint density at radius 3 is 2.00 bits per heavy atom. The Bertz CT molecular complexity index is 347. The zero-order valence-corrected chi connectivity index (χ0v) is 14.5. The summed E-state index contributed by atoms with van der Waals surface area (Å²) in [6.45, 7) is 10.7. The van der Waals surface area contributed by atoms with Crippen molar-refractivity contribution in [3.8, 4) is 0 Å². The minimum Gasteiger partial charge on any atom is -0.465 e. The van der Waals surface area contributed by atoms with Crippen LogP contribution < -0.4 is 0 Å². The van der Waals surface area contributed by atoms with Gasteiger partial charge in [0, 0.05) is 8.07 Å². The molecule has 0 N–H and O–H groups in total. The molecule has 0 aromatic carbocycles. The largest absolute Gasteiger partial charge is 0.465 e. The van der Waals surface area contributed by atoms with Crippen LogP contribution in [-0.2, 0) is 19.1 Å². The molecule has 0 bridgehead atoms. The van der Waals surface area contributed by atoms with Gasteiger partial charge in [0.15, 0.2) is 5.41 Å². The van der Waals surface area contributed by atoms with E-state index >= 15 is 0 Å². The van der Waals surface area contributed by atoms with Crippen LogP contribution in [0.4, 0.5) is 0 Å². The fourth-order valence-electron chi connectivity index (χ4n) is 3.43. The number of esters is 2. The molecular weight excluding hydrogens is 272 g/mol. The lowest BCUT2D eigenvalue weighted by Gasteiger charge is -2.45. The quantitative estimate of drug-likeness (QED) is 0.444. The molecular formula is C15H28O4Si. The lowest BCUT2D eigenvalue weighted by Crippen LogP contribution is -2.55. The van der Waals surface area contributed by atoms with E-state index in [1.165, 1.54) is 0 Å². The van der Waals surface area contributed by atoms with E-state index in [2.05, 4.69) is 13.1 Å². The molecule has 1 atom stereocenters. The Hall–Kier alpha value is -0.843. The van der Waals surface area contributed by atoms with Gasteiger partial charge in [-0.1, -0.05) is 38.9 Å². The van der Waals surface area contributed by atoms with Crippen molar-refractivity contribution >= 4 is 20.0 Å². The van der Waals surface area contributed by atoms with Crippen LogP contribution in [-0.4, -0.2) is 33.2 Å². The summed E-state index contributed by atoms with van der Waals surface area (Å²) in [6, 6.07) is 1.81. The highest BCUT2D eigenvalue weighted by molar-refractivity contribution is 6.78. The van der Waals surface area contributed by atoms with Crippen LogP contribution in [0.15, 0.2) is 0 Å². The first-order valence-electron chi connectivity index (χ1n) is 7.68. The summed E-state index contributed by atoms with van der Waals surface area (Å²) in [5.74, 6) is -0.697. The maximum absolute atomic E-state index is 12.6. The monoisotopic (exact) mass is 300 g/mol. The fraction of sp³-hybridized carbons (Fsp3) is 0.867. The second-order valence-corrected chi connectivity index (χ2v) is 11.6. The van der Waals surface area contributed by atoms with E-state index in [0.29, 0.717) is 19.3 Å². The topological polar surface area (TPSA) is 52.6 Å². The summed E-state index contributed by atoms with van der Waals surface area (Å²) in [7, 11) is -1.57. The van der Waals surface area contributed by atoms with Crippen LogP contribution in [0.25, 0.3) is 0 Å². The molecule has 1 heterocycles. The molecule has 0 radical (unpaired) electrons. The van der Waals surface area contributed by atoms with Gasteiger partial charge in [-0.05, 0) is 25.8 Å². The normalized spacial score (nSPS) is 23.9. The number of carbonyl (C=O) groups excluding carboxylic acids is 2. The third-order valence-corrected chi connectivity index (χ3v) is 7.55. The molecule has 0 spiro atoms. The van der Waals surface area contributed by atoms with Crippen molar-refractivity contribution < 1.29 is 19.1 Å². The predicted octanol–water partition coefficient (Wildman–Crippen LogP) is 3.24. The van der Waals surface area contributed by atoms with E-state index in [0.717, 1.165) is 18.9 Å². The van der Waals surface area contributed by atoms with Gasteiger partial charge >= 0.3 is 11.9 Å². The third kappa shape index (κ3) is 3.24. The van der Waals surface area contributed by atoms with Gasteiger partial charge in [-0.15, -0.1) is 0 Å². The standard InChI is InChI=1S/C15H28O4Si/c1-6-12-9-10-20(4,5)11-15(12,13(16)18-7-2)14(17)19-8-3/h12H,6-11H2,1-5H3. The predicted molar refractivity (Wildman–Crippen MR) is 81.2 cm³/mol. The first-order valence-corrected chi connectivity index (χ1v) is 11.1. The Kier molecular flexibility index (Phi) is 5.80. The first-order chi connectivity index (χ1) is 9.34. The van der Waals surface area contributed by atoms with Crippen LogP contribution in [0.1, 0.15) is 33.6 Å². The molecule has 20 heavy (non-hydrogen) atoms. The minimum absolute atomic E-state index is 0.0427. The Balaban J connectivity index is 3.22. The lowest BCUT2D eigenvalue weighted by molar-refractivity contribution is -0.176. The van der Waals surface area contributed by atoms with Gasteiger partial charge in [-0.3, -0.25) is 9.59 Å². The minimum atomic E-state index is -1.57. The Morgan fingerprint density at radius 1 is 1.10 bits per heavy atom. The molecule has 1 aliphatic heterocycles. The van der Waals surface area contributed by atoms with Gasteiger partial charge in [-0.25, -0.2) is 0 Å². The number of ether oxygens (including phenoxy) is 2. The van der Waals surface area contributed by atoms with Gasteiger partial charge in [0.25, 0.3) is 0 Å². The fourth-order valence-corrected chi connectivity index (χ4v) is 6.83. The van der Waals surface area contributed by atoms with Gasteiger partial charge < -0.3 is 9.47 Å². The Labute approximate surface area is 123 Å². The summed E-state index contributed by atoms with van der Waals surface area (Å²) in [4.78, 5) is 25.2. The molecule has 1 saturated heterocycles. The summed E-state index contributed by atoms with van der Waals surface area (Å²) in [6.07, 6.45) is 1.73. The van der Waals surface area contributed by atoms with E-state index in [9.17, 15) is 9.59 Å². The van der Waals surface area contributed by atoms with Crippen molar-refractivity contribution in [2.24, 2.45) is 11.3 Å². The third-order valence-electron chi connectivity index (χ3n) is 4.40. The highest BCUT2D eigenvalue weighted by Gasteiger charge is 2.58. The zero-order valence-electron chi connectivity index (χ0n) is 13.5. The molecule has 5 heteroatoms. The summed E-state index contributed by atoms with van der Waals surface area (Å²) in [5.41, 5.74) is -1.06. The van der Waals surface area contributed by atoms with Gasteiger partial charge in [-0.2, -0.15) is 0 Å². The van der Waals surface area contributed by atoms with E-state index in [1.54, 1.807) is 13.8 Å². The maximum atomic E-state index is 12.6. The SMILES string of the molecule is CCOC(=O)C1(C(=O)OCC)C[Si](C)(C)CCC1CC. The molecule has 1 rings (SSSR count). The van der Waals surface area contributed by atoms with Crippen molar-refractivity contribution in [2.45, 2.75) is 58.8 Å². The summed E-state index contributed by atoms with van der Waals surface area (Å²) >= 11 is 0. The van der Waals surface area contributed by atoms with Crippen molar-refractivity contribution in [1.82, 2.24) is 0 Å². The number of rotatable bonds is 5. The van der Waals surface area contributed by atoms with Crippen LogP contribution in [0.5, 0.6) is 0 Å². The van der Waals surface area contributed by atoms with Gasteiger partial charge in [0.2, 0.25) is 0 Å². The van der Waals surface area contributed by atoms with Crippen LogP contribution in [0.3, 0.4) is 0 Å².